The molecule has 0 amide bonds. The van der Waals surface area contributed by atoms with Crippen LogP contribution >= 0.6 is 0 Å². The molecule has 2 nitrogen and oxygen atoms in total. The summed E-state index contributed by atoms with van der Waals surface area (Å²) >= 11 is 0. The van der Waals surface area contributed by atoms with Gasteiger partial charge in [0.2, 0.25) is 0 Å². The molecule has 1 atom stereocenters. The van der Waals surface area contributed by atoms with Crippen LogP contribution in [0.5, 0.6) is 5.75 Å². The lowest BCUT2D eigenvalue weighted by molar-refractivity contribution is -0.151. The monoisotopic (exact) mass is 217 g/mol. The van der Waals surface area contributed by atoms with Gasteiger partial charge in [-0.15, -0.1) is 0 Å². The van der Waals surface area contributed by atoms with Crippen molar-refractivity contribution in [2.24, 2.45) is 0 Å². The standard InChI is InChI=1S/C10H10F3NO/c11-10(12,13)8-3-4-14-9-2-1-6(15)5-7(8)9/h1-2,5,8,14-15H,3-4H2. The molecule has 0 saturated carbocycles. The number of hydrogen-bond donors (Lipinski definition) is 2. The first kappa shape index (κ1) is 10.1. The first-order valence-corrected chi connectivity index (χ1v) is 4.62. The van der Waals surface area contributed by atoms with Crippen molar-refractivity contribution in [3.8, 4) is 5.75 Å². The van der Waals surface area contributed by atoms with Crippen molar-refractivity contribution in [3.05, 3.63) is 23.8 Å². The van der Waals surface area contributed by atoms with Crippen LogP contribution in [0.4, 0.5) is 18.9 Å². The summed E-state index contributed by atoms with van der Waals surface area (Å²) < 4.78 is 37.9. The lowest BCUT2D eigenvalue weighted by Gasteiger charge is -2.28. The molecule has 0 saturated heterocycles. The Balaban J connectivity index is 2.45. The van der Waals surface area contributed by atoms with E-state index in [9.17, 15) is 18.3 Å². The molecule has 82 valence electrons. The van der Waals surface area contributed by atoms with Gasteiger partial charge in [-0.2, -0.15) is 13.2 Å². The first-order chi connectivity index (χ1) is 6.98. The normalized spacial score (nSPS) is 20.6. The maximum atomic E-state index is 12.6. The van der Waals surface area contributed by atoms with E-state index in [1.165, 1.54) is 18.2 Å². The van der Waals surface area contributed by atoms with Crippen LogP contribution in [-0.4, -0.2) is 17.8 Å². The summed E-state index contributed by atoms with van der Waals surface area (Å²) in [5, 5.41) is 12.1. The molecule has 0 spiro atoms. The number of benzene rings is 1. The van der Waals surface area contributed by atoms with Crippen LogP contribution in [0.3, 0.4) is 0 Å². The van der Waals surface area contributed by atoms with E-state index in [2.05, 4.69) is 5.32 Å². The van der Waals surface area contributed by atoms with Gasteiger partial charge in [0, 0.05) is 12.2 Å². The van der Waals surface area contributed by atoms with Crippen LogP contribution < -0.4 is 5.32 Å². The summed E-state index contributed by atoms with van der Waals surface area (Å²) in [4.78, 5) is 0. The number of halogens is 3. The van der Waals surface area contributed by atoms with Crippen LogP contribution in [0.1, 0.15) is 17.9 Å². The zero-order valence-electron chi connectivity index (χ0n) is 7.80. The molecule has 1 aromatic rings. The van der Waals surface area contributed by atoms with Crippen molar-refractivity contribution in [3.63, 3.8) is 0 Å². The van der Waals surface area contributed by atoms with Gasteiger partial charge in [-0.25, -0.2) is 0 Å². The Kier molecular flexibility index (Phi) is 2.25. The third kappa shape index (κ3) is 1.86. The highest BCUT2D eigenvalue weighted by Crippen LogP contribution is 2.43. The minimum Gasteiger partial charge on any atom is -0.508 e. The van der Waals surface area contributed by atoms with Crippen molar-refractivity contribution < 1.29 is 18.3 Å². The lowest BCUT2D eigenvalue weighted by Crippen LogP contribution is -2.28. The molecule has 1 heterocycles. The average molecular weight is 217 g/mol. The smallest absolute Gasteiger partial charge is 0.395 e. The number of alkyl halides is 3. The van der Waals surface area contributed by atoms with Crippen molar-refractivity contribution in [2.45, 2.75) is 18.5 Å². The molecule has 1 unspecified atom stereocenters. The minimum absolute atomic E-state index is 0.0138. The van der Waals surface area contributed by atoms with E-state index in [0.29, 0.717) is 12.2 Å². The number of hydrogen-bond acceptors (Lipinski definition) is 2. The third-order valence-electron chi connectivity index (χ3n) is 2.55. The predicted molar refractivity (Wildman–Crippen MR) is 50.0 cm³/mol. The maximum absolute atomic E-state index is 12.6. The molecular weight excluding hydrogens is 207 g/mol. The van der Waals surface area contributed by atoms with Crippen molar-refractivity contribution in [1.82, 2.24) is 0 Å². The van der Waals surface area contributed by atoms with E-state index in [4.69, 9.17) is 0 Å². The molecule has 0 aliphatic carbocycles. The van der Waals surface area contributed by atoms with Gasteiger partial charge in [-0.1, -0.05) is 0 Å². The van der Waals surface area contributed by atoms with E-state index in [1.807, 2.05) is 0 Å². The number of fused-ring (bicyclic) bond motifs is 1. The first-order valence-electron chi connectivity index (χ1n) is 4.62. The molecule has 0 bridgehead atoms. The number of aromatic hydroxyl groups is 1. The topological polar surface area (TPSA) is 32.3 Å². The molecule has 1 aromatic carbocycles. The summed E-state index contributed by atoms with van der Waals surface area (Å²) in [7, 11) is 0. The van der Waals surface area contributed by atoms with Gasteiger partial charge >= 0.3 is 6.18 Å². The van der Waals surface area contributed by atoms with Crippen LogP contribution in [0, 0.1) is 0 Å². The van der Waals surface area contributed by atoms with Crippen LogP contribution in [-0.2, 0) is 0 Å². The maximum Gasteiger partial charge on any atom is 0.395 e. The number of nitrogens with one attached hydrogen (secondary N) is 1. The highest BCUT2D eigenvalue weighted by molar-refractivity contribution is 5.57. The highest BCUT2D eigenvalue weighted by Gasteiger charge is 2.42. The molecule has 0 aromatic heterocycles. The molecule has 2 N–H and O–H groups in total. The summed E-state index contributed by atoms with van der Waals surface area (Å²) in [6, 6.07) is 4.03. The van der Waals surface area contributed by atoms with Crippen molar-refractivity contribution in [1.29, 1.82) is 0 Å². The van der Waals surface area contributed by atoms with Gasteiger partial charge in [0.15, 0.2) is 0 Å². The molecule has 1 aliphatic rings. The molecule has 0 fully saturated rings. The predicted octanol–water partition coefficient (Wildman–Crippen LogP) is 2.85. The molecule has 0 radical (unpaired) electrons. The van der Waals surface area contributed by atoms with Gasteiger partial charge in [0.25, 0.3) is 0 Å². The third-order valence-corrected chi connectivity index (χ3v) is 2.55. The van der Waals surface area contributed by atoms with E-state index in [1.54, 1.807) is 0 Å². The average Bonchev–Trinajstić information content (AvgIpc) is 2.15. The Bertz CT molecular complexity index is 375. The van der Waals surface area contributed by atoms with Crippen molar-refractivity contribution in [2.75, 3.05) is 11.9 Å². The van der Waals surface area contributed by atoms with Crippen molar-refractivity contribution >= 4 is 5.69 Å². The van der Waals surface area contributed by atoms with E-state index < -0.39 is 12.1 Å². The number of anilines is 1. The molecule has 5 heteroatoms. The Hall–Kier alpha value is -1.39. The van der Waals surface area contributed by atoms with Gasteiger partial charge in [-0.05, 0) is 30.2 Å². The second-order valence-corrected chi connectivity index (χ2v) is 3.58. The summed E-state index contributed by atoms with van der Waals surface area (Å²) in [6.45, 7) is 0.307. The molecular formula is C10H10F3NO. The lowest BCUT2D eigenvalue weighted by atomic mass is 9.90. The fourth-order valence-corrected chi connectivity index (χ4v) is 1.85. The van der Waals surface area contributed by atoms with Crippen LogP contribution in [0.2, 0.25) is 0 Å². The number of phenolic OH excluding ortho intramolecular Hbond substituents is 1. The Morgan fingerprint density at radius 2 is 2.07 bits per heavy atom. The zero-order valence-corrected chi connectivity index (χ0v) is 7.80. The largest absolute Gasteiger partial charge is 0.508 e. The van der Waals surface area contributed by atoms with Gasteiger partial charge < -0.3 is 10.4 Å². The van der Waals surface area contributed by atoms with E-state index >= 15 is 0 Å². The van der Waals surface area contributed by atoms with E-state index in [0.717, 1.165) is 0 Å². The SMILES string of the molecule is Oc1ccc2c(c1)C(C(F)(F)F)CCN2. The number of phenols is 1. The fourth-order valence-electron chi connectivity index (χ4n) is 1.85. The fraction of sp³-hybridized carbons (Fsp3) is 0.400. The number of rotatable bonds is 0. The second kappa shape index (κ2) is 3.32. The summed E-state index contributed by atoms with van der Waals surface area (Å²) in [5.41, 5.74) is 0.593. The highest BCUT2D eigenvalue weighted by atomic mass is 19.4. The zero-order chi connectivity index (χ0) is 11.1. The Morgan fingerprint density at radius 3 is 2.73 bits per heavy atom. The van der Waals surface area contributed by atoms with Crippen LogP contribution in [0.15, 0.2) is 18.2 Å². The minimum atomic E-state index is -4.25. The van der Waals surface area contributed by atoms with Gasteiger partial charge in [0.1, 0.15) is 5.75 Å². The summed E-state index contributed by atoms with van der Waals surface area (Å²) in [6.07, 6.45) is -4.23. The van der Waals surface area contributed by atoms with Gasteiger partial charge in [0.05, 0.1) is 5.92 Å². The van der Waals surface area contributed by atoms with Crippen LogP contribution in [0.25, 0.3) is 0 Å². The van der Waals surface area contributed by atoms with E-state index in [-0.39, 0.29) is 17.7 Å². The Labute approximate surface area is 84.7 Å². The Morgan fingerprint density at radius 1 is 1.33 bits per heavy atom. The summed E-state index contributed by atoms with van der Waals surface area (Å²) in [5.74, 6) is -1.60. The molecule has 15 heavy (non-hydrogen) atoms. The molecule has 1 aliphatic heterocycles. The molecule has 2 rings (SSSR count). The van der Waals surface area contributed by atoms with Gasteiger partial charge in [-0.3, -0.25) is 0 Å². The quantitative estimate of drug-likeness (QED) is 0.655. The second-order valence-electron chi connectivity index (χ2n) is 3.58.